The molecule has 98 valence electrons. The smallest absolute Gasteiger partial charge is 0.330 e. The van der Waals surface area contributed by atoms with Crippen molar-refractivity contribution in [2.75, 3.05) is 7.11 Å². The van der Waals surface area contributed by atoms with Crippen LogP contribution in [0.25, 0.3) is 0 Å². The van der Waals surface area contributed by atoms with Gasteiger partial charge in [0.15, 0.2) is 0 Å². The number of halogens is 2. The van der Waals surface area contributed by atoms with E-state index in [2.05, 4.69) is 5.32 Å². The van der Waals surface area contributed by atoms with Crippen LogP contribution in [0.5, 0.6) is 0 Å². The van der Waals surface area contributed by atoms with Crippen molar-refractivity contribution in [1.82, 2.24) is 5.32 Å². The molecular weight excluding hydrogens is 273 g/mol. The Hall–Kier alpha value is -0.770. The van der Waals surface area contributed by atoms with Crippen molar-refractivity contribution in [2.45, 2.75) is 31.3 Å². The molecular formula is C13H15Cl2NO2. The van der Waals surface area contributed by atoms with Crippen molar-refractivity contribution in [2.24, 2.45) is 0 Å². The summed E-state index contributed by atoms with van der Waals surface area (Å²) in [6, 6.07) is 5.43. The van der Waals surface area contributed by atoms with Crippen molar-refractivity contribution in [1.29, 1.82) is 0 Å². The Morgan fingerprint density at radius 1 is 1.44 bits per heavy atom. The summed E-state index contributed by atoms with van der Waals surface area (Å²) in [5.41, 5.74) is -0.312. The van der Waals surface area contributed by atoms with Crippen LogP contribution in [0.2, 0.25) is 10.0 Å². The summed E-state index contributed by atoms with van der Waals surface area (Å²) in [7, 11) is 1.37. The molecule has 5 heteroatoms. The predicted molar refractivity (Wildman–Crippen MR) is 72.0 cm³/mol. The van der Waals surface area contributed by atoms with Gasteiger partial charge in [-0.3, -0.25) is 5.32 Å². The van der Waals surface area contributed by atoms with Crippen LogP contribution in [-0.2, 0) is 15.1 Å². The second kappa shape index (κ2) is 5.08. The molecule has 18 heavy (non-hydrogen) atoms. The first-order valence-corrected chi connectivity index (χ1v) is 6.54. The number of hydrogen-bond acceptors (Lipinski definition) is 3. The van der Waals surface area contributed by atoms with Gasteiger partial charge in [-0.15, -0.1) is 0 Å². The van der Waals surface area contributed by atoms with Gasteiger partial charge in [-0.1, -0.05) is 23.2 Å². The van der Waals surface area contributed by atoms with Crippen molar-refractivity contribution < 1.29 is 9.53 Å². The number of hydrogen-bond donors (Lipinski definition) is 1. The van der Waals surface area contributed by atoms with Crippen molar-refractivity contribution in [3.63, 3.8) is 0 Å². The SMILES string of the molecule is COC(=O)C(C)(NC1CC1)c1cc(Cl)ccc1Cl. The van der Waals surface area contributed by atoms with E-state index >= 15 is 0 Å². The fourth-order valence-corrected chi connectivity index (χ4v) is 2.45. The van der Waals surface area contributed by atoms with Crippen LogP contribution in [0, 0.1) is 0 Å². The molecule has 0 aliphatic heterocycles. The maximum Gasteiger partial charge on any atom is 0.330 e. The summed E-state index contributed by atoms with van der Waals surface area (Å²) < 4.78 is 4.89. The molecule has 0 spiro atoms. The lowest BCUT2D eigenvalue weighted by Gasteiger charge is -2.29. The van der Waals surface area contributed by atoms with Crippen LogP contribution >= 0.6 is 23.2 Å². The van der Waals surface area contributed by atoms with Crippen LogP contribution in [0.15, 0.2) is 18.2 Å². The molecule has 1 aromatic carbocycles. The second-order valence-corrected chi connectivity index (χ2v) is 5.50. The highest BCUT2D eigenvalue weighted by Crippen LogP contribution is 2.34. The standard InChI is InChI=1S/C13H15Cl2NO2/c1-13(12(17)18-2,16-9-4-5-9)10-7-8(14)3-6-11(10)15/h3,6-7,9,16H,4-5H2,1-2H3. The molecule has 0 bridgehead atoms. The summed E-state index contributed by atoms with van der Waals surface area (Å²) in [5, 5.41) is 4.33. The van der Waals surface area contributed by atoms with Crippen molar-refractivity contribution in [3.8, 4) is 0 Å². The number of rotatable bonds is 4. The van der Waals surface area contributed by atoms with Gasteiger partial charge in [-0.05, 0) is 38.0 Å². The third-order valence-electron chi connectivity index (χ3n) is 3.13. The highest BCUT2D eigenvalue weighted by molar-refractivity contribution is 6.33. The normalized spacial score (nSPS) is 18.2. The highest BCUT2D eigenvalue weighted by atomic mass is 35.5. The molecule has 0 radical (unpaired) electrons. The van der Waals surface area contributed by atoms with E-state index in [9.17, 15) is 4.79 Å². The summed E-state index contributed by atoms with van der Waals surface area (Å²) in [5.74, 6) is -0.362. The van der Waals surface area contributed by atoms with Crippen LogP contribution in [0.3, 0.4) is 0 Å². The molecule has 1 aromatic rings. The first-order chi connectivity index (χ1) is 8.47. The average Bonchev–Trinajstić information content (AvgIpc) is 3.14. The van der Waals surface area contributed by atoms with Gasteiger partial charge in [0, 0.05) is 21.7 Å². The minimum absolute atomic E-state index is 0.337. The van der Waals surface area contributed by atoms with Gasteiger partial charge in [0.25, 0.3) is 0 Å². The Morgan fingerprint density at radius 3 is 2.67 bits per heavy atom. The number of carbonyl (C=O) groups excluding carboxylic acids is 1. The Labute approximate surface area is 116 Å². The Balaban J connectivity index is 2.43. The summed E-state index contributed by atoms with van der Waals surface area (Å²) >= 11 is 12.2. The van der Waals surface area contributed by atoms with E-state index in [4.69, 9.17) is 27.9 Å². The van der Waals surface area contributed by atoms with Crippen LogP contribution in [-0.4, -0.2) is 19.1 Å². The number of methoxy groups -OCH3 is 1. The Bertz CT molecular complexity index is 474. The van der Waals surface area contributed by atoms with E-state index in [1.807, 2.05) is 0 Å². The number of benzene rings is 1. The molecule has 0 saturated heterocycles. The molecule has 1 N–H and O–H groups in total. The number of nitrogens with one attached hydrogen (secondary N) is 1. The zero-order valence-corrected chi connectivity index (χ0v) is 11.8. The van der Waals surface area contributed by atoms with E-state index < -0.39 is 5.54 Å². The largest absolute Gasteiger partial charge is 0.467 e. The Morgan fingerprint density at radius 2 is 2.11 bits per heavy atom. The van der Waals surface area contributed by atoms with Gasteiger partial charge in [0.1, 0.15) is 5.54 Å². The van der Waals surface area contributed by atoms with Crippen LogP contribution in [0.4, 0.5) is 0 Å². The summed E-state index contributed by atoms with van der Waals surface area (Å²) in [6.45, 7) is 1.77. The van der Waals surface area contributed by atoms with E-state index in [0.29, 0.717) is 21.7 Å². The van der Waals surface area contributed by atoms with Gasteiger partial charge in [0.2, 0.25) is 0 Å². The summed E-state index contributed by atoms with van der Waals surface area (Å²) in [4.78, 5) is 12.1. The highest BCUT2D eigenvalue weighted by Gasteiger charge is 2.42. The fraction of sp³-hybridized carbons (Fsp3) is 0.462. The van der Waals surface area contributed by atoms with E-state index in [1.165, 1.54) is 7.11 Å². The maximum atomic E-state index is 12.1. The van der Waals surface area contributed by atoms with Crippen LogP contribution < -0.4 is 5.32 Å². The monoisotopic (exact) mass is 287 g/mol. The lowest BCUT2D eigenvalue weighted by Crippen LogP contribution is -2.48. The van der Waals surface area contributed by atoms with Gasteiger partial charge in [-0.2, -0.15) is 0 Å². The minimum atomic E-state index is -0.960. The van der Waals surface area contributed by atoms with Crippen LogP contribution in [0.1, 0.15) is 25.3 Å². The van der Waals surface area contributed by atoms with Gasteiger partial charge < -0.3 is 4.74 Å². The molecule has 1 saturated carbocycles. The summed E-state index contributed by atoms with van der Waals surface area (Å²) in [6.07, 6.45) is 2.12. The van der Waals surface area contributed by atoms with Gasteiger partial charge in [0.05, 0.1) is 7.11 Å². The fourth-order valence-electron chi connectivity index (χ4n) is 1.97. The molecule has 0 amide bonds. The molecule has 1 unspecified atom stereocenters. The van der Waals surface area contributed by atoms with E-state index in [1.54, 1.807) is 25.1 Å². The zero-order valence-electron chi connectivity index (χ0n) is 10.3. The van der Waals surface area contributed by atoms with Crippen molar-refractivity contribution in [3.05, 3.63) is 33.8 Å². The first kappa shape index (κ1) is 13.7. The molecule has 1 atom stereocenters. The molecule has 1 fully saturated rings. The first-order valence-electron chi connectivity index (χ1n) is 5.79. The lowest BCUT2D eigenvalue weighted by atomic mass is 9.91. The molecule has 2 rings (SSSR count). The van der Waals surface area contributed by atoms with Crippen molar-refractivity contribution >= 4 is 29.2 Å². The average molecular weight is 288 g/mol. The molecule has 1 aliphatic rings. The molecule has 1 aliphatic carbocycles. The lowest BCUT2D eigenvalue weighted by molar-refractivity contribution is -0.148. The maximum absolute atomic E-state index is 12.1. The predicted octanol–water partition coefficient (Wildman–Crippen LogP) is 3.13. The topological polar surface area (TPSA) is 38.3 Å². The number of carbonyl (C=O) groups is 1. The molecule has 3 nitrogen and oxygen atoms in total. The molecule has 0 heterocycles. The molecule has 0 aromatic heterocycles. The number of esters is 1. The quantitative estimate of drug-likeness (QED) is 0.865. The minimum Gasteiger partial charge on any atom is -0.467 e. The number of ether oxygens (including phenoxy) is 1. The zero-order chi connectivity index (χ0) is 13.3. The van der Waals surface area contributed by atoms with E-state index in [0.717, 1.165) is 12.8 Å². The second-order valence-electron chi connectivity index (χ2n) is 4.66. The van der Waals surface area contributed by atoms with Gasteiger partial charge >= 0.3 is 5.97 Å². The third-order valence-corrected chi connectivity index (χ3v) is 3.70. The van der Waals surface area contributed by atoms with E-state index in [-0.39, 0.29) is 5.97 Å². The van der Waals surface area contributed by atoms with Gasteiger partial charge in [-0.25, -0.2) is 4.79 Å². The third kappa shape index (κ3) is 2.63. The Kier molecular flexibility index (Phi) is 3.85.